The predicted molar refractivity (Wildman–Crippen MR) is 42.6 cm³/mol. The van der Waals surface area contributed by atoms with Crippen molar-refractivity contribution in [1.82, 2.24) is 0 Å². The van der Waals surface area contributed by atoms with Crippen LogP contribution >= 0.6 is 0 Å². The molecule has 0 radical (unpaired) electrons. The minimum absolute atomic E-state index is 0.0336. The van der Waals surface area contributed by atoms with Gasteiger partial charge in [-0.15, -0.1) is 0 Å². The number of carboxylic acid groups (broad SMARTS) is 2. The van der Waals surface area contributed by atoms with E-state index in [4.69, 9.17) is 10.2 Å². The number of ether oxygens (including phenoxy) is 1. The van der Waals surface area contributed by atoms with E-state index >= 15 is 0 Å². The molecule has 0 aliphatic carbocycles. The quantitative estimate of drug-likeness (QED) is 0.623. The van der Waals surface area contributed by atoms with Crippen LogP contribution in [0.1, 0.15) is 25.7 Å². The van der Waals surface area contributed by atoms with E-state index in [1.807, 2.05) is 0 Å². The van der Waals surface area contributed by atoms with Gasteiger partial charge in [0.2, 0.25) is 5.60 Å². The molecule has 1 heterocycles. The van der Waals surface area contributed by atoms with E-state index in [2.05, 4.69) is 4.74 Å². The van der Waals surface area contributed by atoms with Crippen molar-refractivity contribution in [2.75, 3.05) is 0 Å². The molecular weight excluding hydrogens is 192 g/mol. The van der Waals surface area contributed by atoms with Crippen LogP contribution in [0.5, 0.6) is 0 Å². The number of carbonyl (C=O) groups excluding carboxylic acids is 1. The monoisotopic (exact) mass is 202 g/mol. The number of rotatable bonds is 4. The van der Waals surface area contributed by atoms with E-state index < -0.39 is 23.5 Å². The van der Waals surface area contributed by atoms with Gasteiger partial charge in [0.05, 0.1) is 0 Å². The van der Waals surface area contributed by atoms with Crippen LogP contribution in [-0.4, -0.2) is 33.7 Å². The zero-order valence-corrected chi connectivity index (χ0v) is 7.36. The lowest BCUT2D eigenvalue weighted by atomic mass is 9.94. The van der Waals surface area contributed by atoms with Crippen molar-refractivity contribution < 1.29 is 29.3 Å². The van der Waals surface area contributed by atoms with Gasteiger partial charge >= 0.3 is 17.9 Å². The number of carboxylic acids is 2. The molecule has 2 N–H and O–H groups in total. The summed E-state index contributed by atoms with van der Waals surface area (Å²) in [7, 11) is 0. The third-order valence-corrected chi connectivity index (χ3v) is 2.17. The second kappa shape index (κ2) is 3.65. The predicted octanol–water partition coefficient (Wildman–Crippen LogP) is 0.0116. The summed E-state index contributed by atoms with van der Waals surface area (Å²) >= 11 is 0. The summed E-state index contributed by atoms with van der Waals surface area (Å²) in [5, 5.41) is 17.2. The molecule has 0 bridgehead atoms. The van der Waals surface area contributed by atoms with Crippen LogP contribution < -0.4 is 0 Å². The van der Waals surface area contributed by atoms with Crippen molar-refractivity contribution in [3.8, 4) is 0 Å². The molecule has 1 fully saturated rings. The van der Waals surface area contributed by atoms with E-state index in [9.17, 15) is 14.4 Å². The number of hydrogen-bond acceptors (Lipinski definition) is 4. The van der Waals surface area contributed by atoms with Gasteiger partial charge in [-0.25, -0.2) is 4.79 Å². The third kappa shape index (κ3) is 2.01. The van der Waals surface area contributed by atoms with E-state index in [0.717, 1.165) is 0 Å². The lowest BCUT2D eigenvalue weighted by Crippen LogP contribution is -2.38. The summed E-state index contributed by atoms with van der Waals surface area (Å²) in [5.41, 5.74) is -1.62. The first kappa shape index (κ1) is 10.5. The summed E-state index contributed by atoms with van der Waals surface area (Å²) in [5.74, 6) is -2.96. The summed E-state index contributed by atoms with van der Waals surface area (Å²) < 4.78 is 4.66. The van der Waals surface area contributed by atoms with Crippen LogP contribution in [0.15, 0.2) is 0 Å². The molecule has 0 saturated carbocycles. The number of carbonyl (C=O) groups is 3. The second-order valence-corrected chi connectivity index (χ2v) is 3.17. The van der Waals surface area contributed by atoms with Gasteiger partial charge in [0, 0.05) is 25.7 Å². The average molecular weight is 202 g/mol. The Kier molecular flexibility index (Phi) is 2.73. The molecule has 1 aliphatic heterocycles. The zero-order chi connectivity index (χ0) is 10.8. The minimum Gasteiger partial charge on any atom is -0.481 e. The molecular formula is C8H10O6. The molecule has 0 spiro atoms. The lowest BCUT2D eigenvalue weighted by Gasteiger charge is -2.21. The van der Waals surface area contributed by atoms with Crippen LogP contribution in [0, 0.1) is 0 Å². The molecule has 6 heteroatoms. The highest BCUT2D eigenvalue weighted by Crippen LogP contribution is 2.31. The Balaban J connectivity index is 2.68. The fraction of sp³-hybridized carbons (Fsp3) is 0.625. The minimum atomic E-state index is -1.62. The Morgan fingerprint density at radius 3 is 2.43 bits per heavy atom. The molecule has 0 aromatic carbocycles. The Bertz CT molecular complexity index is 284. The zero-order valence-electron chi connectivity index (χ0n) is 7.36. The van der Waals surface area contributed by atoms with Crippen molar-refractivity contribution in [3.05, 3.63) is 0 Å². The fourth-order valence-electron chi connectivity index (χ4n) is 1.37. The van der Waals surface area contributed by atoms with Crippen molar-refractivity contribution in [2.24, 2.45) is 0 Å². The van der Waals surface area contributed by atoms with Crippen molar-refractivity contribution >= 4 is 17.9 Å². The SMILES string of the molecule is O=C(O)CC[C@@]1(C(=O)O)CCC(=O)O1. The molecule has 1 atom stereocenters. The molecule has 0 aromatic rings. The fourth-order valence-corrected chi connectivity index (χ4v) is 1.37. The van der Waals surface area contributed by atoms with Gasteiger partial charge in [-0.3, -0.25) is 9.59 Å². The van der Waals surface area contributed by atoms with Gasteiger partial charge in [-0.2, -0.15) is 0 Å². The first-order valence-electron chi connectivity index (χ1n) is 4.13. The molecule has 0 amide bonds. The number of esters is 1. The van der Waals surface area contributed by atoms with Crippen LogP contribution in [-0.2, 0) is 19.1 Å². The van der Waals surface area contributed by atoms with Crippen LogP contribution in [0.2, 0.25) is 0 Å². The first-order valence-corrected chi connectivity index (χ1v) is 4.13. The van der Waals surface area contributed by atoms with Crippen molar-refractivity contribution in [3.63, 3.8) is 0 Å². The Labute approximate surface area is 79.5 Å². The Morgan fingerprint density at radius 1 is 1.43 bits per heavy atom. The molecule has 1 rings (SSSR count). The molecule has 1 aliphatic rings. The normalized spacial score (nSPS) is 25.9. The van der Waals surface area contributed by atoms with Crippen LogP contribution in [0.4, 0.5) is 0 Å². The Hall–Kier alpha value is -1.59. The summed E-state index contributed by atoms with van der Waals surface area (Å²) in [6.45, 7) is 0. The Morgan fingerprint density at radius 2 is 2.07 bits per heavy atom. The van der Waals surface area contributed by atoms with Gasteiger partial charge in [-0.05, 0) is 0 Å². The first-order chi connectivity index (χ1) is 6.46. The van der Waals surface area contributed by atoms with E-state index in [1.54, 1.807) is 0 Å². The highest BCUT2D eigenvalue weighted by molar-refractivity contribution is 5.86. The van der Waals surface area contributed by atoms with Gasteiger partial charge in [0.25, 0.3) is 0 Å². The molecule has 78 valence electrons. The van der Waals surface area contributed by atoms with Gasteiger partial charge < -0.3 is 14.9 Å². The van der Waals surface area contributed by atoms with Crippen molar-refractivity contribution in [1.29, 1.82) is 0 Å². The molecule has 6 nitrogen and oxygen atoms in total. The van der Waals surface area contributed by atoms with Gasteiger partial charge in [0.1, 0.15) is 0 Å². The van der Waals surface area contributed by atoms with Gasteiger partial charge in [0.15, 0.2) is 0 Å². The summed E-state index contributed by atoms with van der Waals surface area (Å²) in [6, 6.07) is 0. The second-order valence-electron chi connectivity index (χ2n) is 3.17. The topological polar surface area (TPSA) is 101 Å². The maximum absolute atomic E-state index is 10.8. The van der Waals surface area contributed by atoms with E-state index in [-0.39, 0.29) is 25.7 Å². The average Bonchev–Trinajstić information content (AvgIpc) is 2.45. The highest BCUT2D eigenvalue weighted by Gasteiger charge is 2.47. The number of cyclic esters (lactones) is 1. The number of hydrogen-bond donors (Lipinski definition) is 2. The molecule has 1 saturated heterocycles. The molecule has 0 unspecified atom stereocenters. The lowest BCUT2D eigenvalue weighted by molar-refractivity contribution is -0.171. The van der Waals surface area contributed by atoms with E-state index in [0.29, 0.717) is 0 Å². The van der Waals surface area contributed by atoms with Crippen LogP contribution in [0.25, 0.3) is 0 Å². The summed E-state index contributed by atoms with van der Waals surface area (Å²) in [4.78, 5) is 31.9. The van der Waals surface area contributed by atoms with E-state index in [1.165, 1.54) is 0 Å². The largest absolute Gasteiger partial charge is 0.481 e. The number of aliphatic carboxylic acids is 2. The van der Waals surface area contributed by atoms with Crippen LogP contribution in [0.3, 0.4) is 0 Å². The highest BCUT2D eigenvalue weighted by atomic mass is 16.6. The third-order valence-electron chi connectivity index (χ3n) is 2.17. The maximum Gasteiger partial charge on any atom is 0.348 e. The molecule has 14 heavy (non-hydrogen) atoms. The van der Waals surface area contributed by atoms with Crippen molar-refractivity contribution in [2.45, 2.75) is 31.3 Å². The maximum atomic E-state index is 10.8. The van der Waals surface area contributed by atoms with Gasteiger partial charge in [-0.1, -0.05) is 0 Å². The summed E-state index contributed by atoms with van der Waals surface area (Å²) in [6.07, 6.45) is -0.413. The standard InChI is InChI=1S/C8H10O6/c9-5(10)1-3-8(7(12)13)4-2-6(11)14-8/h1-4H2,(H,9,10)(H,12,13)/t8-/m0/s1. The molecule has 0 aromatic heterocycles. The smallest absolute Gasteiger partial charge is 0.348 e.